The van der Waals surface area contributed by atoms with Crippen molar-refractivity contribution < 1.29 is 28.5 Å². The fourth-order valence-corrected chi connectivity index (χ4v) is 3.09. The number of carbonyl (C=O) groups excluding carboxylic acids is 2. The average molecular weight is 447 g/mol. The Bertz CT molecular complexity index is 897. The average Bonchev–Trinajstić information content (AvgIpc) is 3.28. The van der Waals surface area contributed by atoms with E-state index in [4.69, 9.17) is 18.9 Å². The number of morpholine rings is 1. The van der Waals surface area contributed by atoms with Crippen molar-refractivity contribution in [3.63, 3.8) is 0 Å². The summed E-state index contributed by atoms with van der Waals surface area (Å²) >= 11 is 0. The monoisotopic (exact) mass is 447 g/mol. The standard InChI is InChI=1S/C21H29N5O6/c1-3-5-8-26-19(22-23-24-26)14-32-21(28)16-6-7-17(18(13-16)30-4-2)31-15-20(27)25-9-11-29-12-10-25/h6-7,13H,3-5,8-12,14-15H2,1-2H3. The Morgan fingerprint density at radius 3 is 2.69 bits per heavy atom. The molecular formula is C21H29N5O6. The van der Waals surface area contributed by atoms with Crippen molar-refractivity contribution in [2.45, 2.75) is 39.8 Å². The molecule has 3 rings (SSSR count). The summed E-state index contributed by atoms with van der Waals surface area (Å²) in [5, 5.41) is 11.5. The Kier molecular flexibility index (Phi) is 8.79. The molecule has 11 nitrogen and oxygen atoms in total. The molecule has 0 radical (unpaired) electrons. The Labute approximate surface area is 186 Å². The number of hydrogen-bond acceptors (Lipinski definition) is 9. The fourth-order valence-electron chi connectivity index (χ4n) is 3.09. The maximum absolute atomic E-state index is 12.5. The summed E-state index contributed by atoms with van der Waals surface area (Å²) < 4.78 is 23.5. The van der Waals surface area contributed by atoms with Crippen molar-refractivity contribution in [1.82, 2.24) is 25.1 Å². The minimum Gasteiger partial charge on any atom is -0.490 e. The third-order valence-electron chi connectivity index (χ3n) is 4.86. The van der Waals surface area contributed by atoms with Gasteiger partial charge in [0.05, 0.1) is 25.4 Å². The molecule has 0 bridgehead atoms. The molecule has 1 fully saturated rings. The normalized spacial score (nSPS) is 13.6. The zero-order valence-electron chi connectivity index (χ0n) is 18.5. The number of benzene rings is 1. The molecule has 2 heterocycles. The van der Waals surface area contributed by atoms with Crippen LogP contribution in [0.2, 0.25) is 0 Å². The van der Waals surface area contributed by atoms with Crippen LogP contribution >= 0.6 is 0 Å². The molecule has 0 unspecified atom stereocenters. The molecule has 174 valence electrons. The van der Waals surface area contributed by atoms with Gasteiger partial charge in [-0.2, -0.15) is 0 Å². The molecule has 32 heavy (non-hydrogen) atoms. The van der Waals surface area contributed by atoms with Crippen LogP contribution in [0.1, 0.15) is 42.9 Å². The van der Waals surface area contributed by atoms with Crippen LogP contribution in [0, 0.1) is 0 Å². The number of rotatable bonds is 11. The van der Waals surface area contributed by atoms with Crippen LogP contribution in [-0.4, -0.2) is 76.5 Å². The van der Waals surface area contributed by atoms with Gasteiger partial charge in [0.15, 0.2) is 30.5 Å². The molecule has 0 spiro atoms. The third-order valence-corrected chi connectivity index (χ3v) is 4.86. The van der Waals surface area contributed by atoms with Gasteiger partial charge in [-0.15, -0.1) is 5.10 Å². The molecule has 1 aliphatic rings. The maximum Gasteiger partial charge on any atom is 0.338 e. The van der Waals surface area contributed by atoms with Crippen molar-refractivity contribution in [1.29, 1.82) is 0 Å². The van der Waals surface area contributed by atoms with Crippen molar-refractivity contribution in [3.05, 3.63) is 29.6 Å². The number of unbranched alkanes of at least 4 members (excludes halogenated alkanes) is 1. The molecule has 1 aliphatic heterocycles. The zero-order valence-corrected chi connectivity index (χ0v) is 18.5. The Balaban J connectivity index is 1.59. The Morgan fingerprint density at radius 1 is 1.12 bits per heavy atom. The van der Waals surface area contributed by atoms with E-state index in [-0.39, 0.29) is 19.1 Å². The number of ether oxygens (including phenoxy) is 4. The smallest absolute Gasteiger partial charge is 0.338 e. The molecule has 2 aromatic rings. The third kappa shape index (κ3) is 6.39. The highest BCUT2D eigenvalue weighted by molar-refractivity contribution is 5.90. The lowest BCUT2D eigenvalue weighted by molar-refractivity contribution is -0.137. The maximum atomic E-state index is 12.5. The molecule has 1 amide bonds. The lowest BCUT2D eigenvalue weighted by Gasteiger charge is -2.26. The van der Waals surface area contributed by atoms with Gasteiger partial charge in [0.2, 0.25) is 0 Å². The first kappa shape index (κ1) is 23.5. The van der Waals surface area contributed by atoms with Crippen LogP contribution in [0.5, 0.6) is 11.5 Å². The van der Waals surface area contributed by atoms with E-state index >= 15 is 0 Å². The Hall–Kier alpha value is -3.21. The van der Waals surface area contributed by atoms with E-state index < -0.39 is 5.97 Å². The second-order valence-electron chi connectivity index (χ2n) is 7.12. The molecule has 1 aromatic heterocycles. The molecule has 0 N–H and O–H groups in total. The fraction of sp³-hybridized carbons (Fsp3) is 0.571. The second kappa shape index (κ2) is 12.0. The van der Waals surface area contributed by atoms with Crippen molar-refractivity contribution in [3.8, 4) is 11.5 Å². The van der Waals surface area contributed by atoms with Crippen LogP contribution in [0.15, 0.2) is 18.2 Å². The van der Waals surface area contributed by atoms with E-state index in [2.05, 4.69) is 22.4 Å². The predicted molar refractivity (Wildman–Crippen MR) is 112 cm³/mol. The summed E-state index contributed by atoms with van der Waals surface area (Å²) in [6, 6.07) is 4.71. The summed E-state index contributed by atoms with van der Waals surface area (Å²) in [5.41, 5.74) is 0.299. The first-order valence-electron chi connectivity index (χ1n) is 10.8. The summed E-state index contributed by atoms with van der Waals surface area (Å²) in [4.78, 5) is 26.6. The minimum atomic E-state index is -0.535. The van der Waals surface area contributed by atoms with Gasteiger partial charge >= 0.3 is 5.97 Å². The molecule has 0 aliphatic carbocycles. The van der Waals surface area contributed by atoms with Crippen molar-refractivity contribution >= 4 is 11.9 Å². The summed E-state index contributed by atoms with van der Waals surface area (Å²) in [5.74, 6) is 0.573. The number of tetrazole rings is 1. The predicted octanol–water partition coefficient (Wildman–Crippen LogP) is 1.47. The summed E-state index contributed by atoms with van der Waals surface area (Å²) in [6.07, 6.45) is 1.94. The summed E-state index contributed by atoms with van der Waals surface area (Å²) in [7, 11) is 0. The van der Waals surface area contributed by atoms with Gasteiger partial charge in [0.25, 0.3) is 5.91 Å². The molecule has 1 aromatic carbocycles. The highest BCUT2D eigenvalue weighted by Gasteiger charge is 2.19. The molecule has 11 heteroatoms. The highest BCUT2D eigenvalue weighted by atomic mass is 16.5. The van der Waals surface area contributed by atoms with Gasteiger partial charge in [-0.05, 0) is 42.0 Å². The summed E-state index contributed by atoms with van der Waals surface area (Å²) in [6.45, 7) is 6.93. The number of aryl methyl sites for hydroxylation is 1. The van der Waals surface area contributed by atoms with E-state index in [1.807, 2.05) is 6.92 Å². The van der Waals surface area contributed by atoms with Crippen LogP contribution in [-0.2, 0) is 27.4 Å². The van der Waals surface area contributed by atoms with Gasteiger partial charge in [0.1, 0.15) is 0 Å². The topological polar surface area (TPSA) is 118 Å². The second-order valence-corrected chi connectivity index (χ2v) is 7.12. The quantitative estimate of drug-likeness (QED) is 0.472. The molecular weight excluding hydrogens is 418 g/mol. The van der Waals surface area contributed by atoms with Crippen molar-refractivity contribution in [2.75, 3.05) is 39.5 Å². The van der Waals surface area contributed by atoms with Gasteiger partial charge < -0.3 is 23.8 Å². The first-order valence-corrected chi connectivity index (χ1v) is 10.8. The number of nitrogens with zero attached hydrogens (tertiary/aromatic N) is 5. The lowest BCUT2D eigenvalue weighted by atomic mass is 10.2. The van der Waals surface area contributed by atoms with Gasteiger partial charge in [-0.3, -0.25) is 4.79 Å². The lowest BCUT2D eigenvalue weighted by Crippen LogP contribution is -2.43. The Morgan fingerprint density at radius 2 is 1.94 bits per heavy atom. The molecule has 0 saturated carbocycles. The van der Waals surface area contributed by atoms with Crippen LogP contribution in [0.25, 0.3) is 0 Å². The van der Waals surface area contributed by atoms with E-state index in [9.17, 15) is 9.59 Å². The number of hydrogen-bond donors (Lipinski definition) is 0. The van der Waals surface area contributed by atoms with E-state index in [0.717, 1.165) is 12.8 Å². The van der Waals surface area contributed by atoms with E-state index in [0.29, 0.717) is 62.3 Å². The van der Waals surface area contributed by atoms with Crippen molar-refractivity contribution in [2.24, 2.45) is 0 Å². The van der Waals surface area contributed by atoms with Gasteiger partial charge in [0, 0.05) is 19.6 Å². The number of aromatic nitrogens is 4. The van der Waals surface area contributed by atoms with Crippen LogP contribution in [0.3, 0.4) is 0 Å². The van der Waals surface area contributed by atoms with E-state index in [1.54, 1.807) is 27.8 Å². The highest BCUT2D eigenvalue weighted by Crippen LogP contribution is 2.29. The first-order chi connectivity index (χ1) is 15.6. The minimum absolute atomic E-state index is 0.0359. The van der Waals surface area contributed by atoms with Gasteiger partial charge in [-0.1, -0.05) is 13.3 Å². The number of carbonyl (C=O) groups is 2. The van der Waals surface area contributed by atoms with Crippen LogP contribution < -0.4 is 9.47 Å². The van der Waals surface area contributed by atoms with Gasteiger partial charge in [-0.25, -0.2) is 9.48 Å². The largest absolute Gasteiger partial charge is 0.490 e. The van der Waals surface area contributed by atoms with Crippen LogP contribution in [0.4, 0.5) is 0 Å². The van der Waals surface area contributed by atoms with E-state index in [1.165, 1.54) is 0 Å². The molecule has 1 saturated heterocycles. The number of esters is 1. The zero-order chi connectivity index (χ0) is 22.8. The SMILES string of the molecule is CCCCn1nnnc1COC(=O)c1ccc(OCC(=O)N2CCOCC2)c(OCC)c1. The molecule has 0 atom stereocenters. The number of amides is 1.